The second-order valence-corrected chi connectivity index (χ2v) is 5.30. The van der Waals surface area contributed by atoms with Crippen molar-refractivity contribution in [3.05, 3.63) is 5.38 Å². The van der Waals surface area contributed by atoms with Crippen LogP contribution in [0, 0.1) is 0 Å². The van der Waals surface area contributed by atoms with E-state index in [0.29, 0.717) is 5.69 Å². The topological polar surface area (TPSA) is 49.5 Å². The zero-order chi connectivity index (χ0) is 9.26. The van der Waals surface area contributed by atoms with Crippen LogP contribution in [-0.4, -0.2) is 22.5 Å². The van der Waals surface area contributed by atoms with E-state index in [9.17, 15) is 5.11 Å². The van der Waals surface area contributed by atoms with Gasteiger partial charge in [0.05, 0.1) is 5.69 Å². The summed E-state index contributed by atoms with van der Waals surface area (Å²) in [6, 6.07) is 0. The van der Waals surface area contributed by atoms with Crippen molar-refractivity contribution in [3.8, 4) is 5.75 Å². The Morgan fingerprint density at radius 3 is 2.69 bits per heavy atom. The molecule has 0 saturated carbocycles. The lowest BCUT2D eigenvalue weighted by molar-refractivity contribution is 0.468. The van der Waals surface area contributed by atoms with Crippen molar-refractivity contribution in [1.82, 2.24) is 4.31 Å². The Kier molecular flexibility index (Phi) is 2.66. The fourth-order valence-electron chi connectivity index (χ4n) is 1.31. The molecule has 0 amide bonds. The first kappa shape index (κ1) is 9.18. The minimum absolute atomic E-state index is 0.252. The van der Waals surface area contributed by atoms with Gasteiger partial charge in [0.15, 0.2) is 5.75 Å². The molecule has 5 heteroatoms. The van der Waals surface area contributed by atoms with E-state index in [0.717, 1.165) is 17.3 Å². The molecule has 1 saturated heterocycles. The molecule has 3 N–H and O–H groups in total. The lowest BCUT2D eigenvalue weighted by Gasteiger charge is -2.11. The molecule has 1 aliphatic heterocycles. The number of rotatable bonds is 2. The quantitative estimate of drug-likeness (QED) is 0.744. The van der Waals surface area contributed by atoms with Gasteiger partial charge in [-0.25, -0.2) is 4.31 Å². The van der Waals surface area contributed by atoms with Crippen LogP contribution in [0.1, 0.15) is 12.8 Å². The van der Waals surface area contributed by atoms with E-state index in [4.69, 9.17) is 5.73 Å². The average molecular weight is 216 g/mol. The zero-order valence-electron chi connectivity index (χ0n) is 7.19. The summed E-state index contributed by atoms with van der Waals surface area (Å²) in [4.78, 5) is 0. The summed E-state index contributed by atoms with van der Waals surface area (Å²) in [5.74, 6) is 0.252. The lowest BCUT2D eigenvalue weighted by Crippen LogP contribution is -2.07. The van der Waals surface area contributed by atoms with Crippen LogP contribution in [0.25, 0.3) is 0 Å². The molecule has 0 atom stereocenters. The maximum Gasteiger partial charge on any atom is 0.164 e. The van der Waals surface area contributed by atoms with E-state index in [2.05, 4.69) is 4.31 Å². The monoisotopic (exact) mass is 216 g/mol. The van der Waals surface area contributed by atoms with Crippen molar-refractivity contribution in [3.63, 3.8) is 0 Å². The molecule has 72 valence electrons. The minimum Gasteiger partial charge on any atom is -0.504 e. The Balaban J connectivity index is 2.04. The summed E-state index contributed by atoms with van der Waals surface area (Å²) in [5, 5.41) is 11.3. The molecular formula is C8H12N2OS2. The van der Waals surface area contributed by atoms with Crippen molar-refractivity contribution in [1.29, 1.82) is 0 Å². The Morgan fingerprint density at radius 1 is 1.46 bits per heavy atom. The number of anilines is 1. The highest BCUT2D eigenvalue weighted by atomic mass is 32.2. The largest absolute Gasteiger partial charge is 0.504 e. The molecule has 0 radical (unpaired) electrons. The highest BCUT2D eigenvalue weighted by Gasteiger charge is 2.16. The van der Waals surface area contributed by atoms with Crippen molar-refractivity contribution in [2.24, 2.45) is 0 Å². The minimum atomic E-state index is 0.252. The zero-order valence-corrected chi connectivity index (χ0v) is 8.83. The summed E-state index contributed by atoms with van der Waals surface area (Å²) >= 11 is 3.13. The second kappa shape index (κ2) is 3.77. The number of hydrogen-bond acceptors (Lipinski definition) is 5. The third-order valence-electron chi connectivity index (χ3n) is 2.04. The standard InChI is InChI=1S/C8H12N2OS2/c9-6-5-12-8(7(6)11)13-10-3-1-2-4-10/h5,11H,1-4,9H2. The number of hydrogen-bond donors (Lipinski definition) is 2. The molecule has 2 rings (SSSR count). The lowest BCUT2D eigenvalue weighted by atomic mass is 10.4. The molecule has 13 heavy (non-hydrogen) atoms. The molecule has 1 aromatic rings. The molecule has 1 aromatic heterocycles. The Bertz CT molecular complexity index is 294. The molecule has 3 nitrogen and oxygen atoms in total. The van der Waals surface area contributed by atoms with Gasteiger partial charge < -0.3 is 10.8 Å². The average Bonchev–Trinajstić information content (AvgIpc) is 2.71. The number of thiophene rings is 1. The SMILES string of the molecule is Nc1csc(SN2CCCC2)c1O. The van der Waals surface area contributed by atoms with Crippen LogP contribution in [0.3, 0.4) is 0 Å². The number of aromatic hydroxyl groups is 1. The van der Waals surface area contributed by atoms with Gasteiger partial charge in [0.1, 0.15) is 4.21 Å². The number of nitrogens with two attached hydrogens (primary N) is 1. The van der Waals surface area contributed by atoms with Gasteiger partial charge >= 0.3 is 0 Å². The van der Waals surface area contributed by atoms with Crippen LogP contribution in [-0.2, 0) is 0 Å². The van der Waals surface area contributed by atoms with Crippen molar-refractivity contribution in [2.45, 2.75) is 17.1 Å². The summed E-state index contributed by atoms with van der Waals surface area (Å²) in [5.41, 5.74) is 6.04. The van der Waals surface area contributed by atoms with Gasteiger partial charge in [-0.05, 0) is 24.8 Å². The van der Waals surface area contributed by atoms with E-state index < -0.39 is 0 Å². The third kappa shape index (κ3) is 1.92. The highest BCUT2D eigenvalue weighted by molar-refractivity contribution is 7.99. The summed E-state index contributed by atoms with van der Waals surface area (Å²) in [7, 11) is 0. The van der Waals surface area contributed by atoms with Gasteiger partial charge in [0, 0.05) is 18.5 Å². The van der Waals surface area contributed by atoms with Crippen LogP contribution >= 0.6 is 23.3 Å². The smallest absolute Gasteiger partial charge is 0.164 e. The van der Waals surface area contributed by atoms with Crippen LogP contribution in [0.15, 0.2) is 9.59 Å². The molecule has 2 heterocycles. The van der Waals surface area contributed by atoms with Gasteiger partial charge in [0.2, 0.25) is 0 Å². The van der Waals surface area contributed by atoms with Gasteiger partial charge in [0.25, 0.3) is 0 Å². The first-order valence-electron chi connectivity index (χ1n) is 4.26. The predicted octanol–water partition coefficient (Wildman–Crippen LogP) is 2.14. The first-order valence-corrected chi connectivity index (χ1v) is 5.91. The first-order chi connectivity index (χ1) is 6.27. The molecule has 0 unspecified atom stereocenters. The normalized spacial score (nSPS) is 18.2. The molecule has 0 aliphatic carbocycles. The molecular weight excluding hydrogens is 204 g/mol. The van der Waals surface area contributed by atoms with E-state index in [1.807, 2.05) is 0 Å². The van der Waals surface area contributed by atoms with Gasteiger partial charge in [-0.1, -0.05) is 0 Å². The predicted molar refractivity (Wildman–Crippen MR) is 57.1 cm³/mol. The maximum absolute atomic E-state index is 9.54. The van der Waals surface area contributed by atoms with Gasteiger partial charge in [-0.15, -0.1) is 11.3 Å². The van der Waals surface area contributed by atoms with Crippen molar-refractivity contribution in [2.75, 3.05) is 18.8 Å². The van der Waals surface area contributed by atoms with E-state index in [-0.39, 0.29) is 5.75 Å². The summed E-state index contributed by atoms with van der Waals surface area (Å²) < 4.78 is 3.18. The number of nitrogen functional groups attached to an aromatic ring is 1. The van der Waals surface area contributed by atoms with Crippen molar-refractivity contribution >= 4 is 29.0 Å². The van der Waals surface area contributed by atoms with Gasteiger partial charge in [-0.2, -0.15) is 0 Å². The second-order valence-electron chi connectivity index (χ2n) is 3.05. The fourth-order valence-corrected chi connectivity index (χ4v) is 3.40. The highest BCUT2D eigenvalue weighted by Crippen LogP contribution is 2.41. The molecule has 0 aromatic carbocycles. The molecule has 1 fully saturated rings. The van der Waals surface area contributed by atoms with Crippen LogP contribution in [0.5, 0.6) is 5.75 Å². The third-order valence-corrected chi connectivity index (χ3v) is 4.31. The van der Waals surface area contributed by atoms with Crippen LogP contribution in [0.2, 0.25) is 0 Å². The Labute approximate surface area is 85.7 Å². The number of nitrogens with zero attached hydrogens (tertiary/aromatic N) is 1. The van der Waals surface area contributed by atoms with E-state index in [1.165, 1.54) is 24.2 Å². The van der Waals surface area contributed by atoms with Crippen molar-refractivity contribution < 1.29 is 5.11 Å². The van der Waals surface area contributed by atoms with Gasteiger partial charge in [-0.3, -0.25) is 0 Å². The molecule has 1 aliphatic rings. The van der Waals surface area contributed by atoms with Crippen LogP contribution in [0.4, 0.5) is 5.69 Å². The van der Waals surface area contributed by atoms with E-state index in [1.54, 1.807) is 17.3 Å². The summed E-state index contributed by atoms with van der Waals surface area (Å²) in [6.07, 6.45) is 2.52. The fraction of sp³-hybridized carbons (Fsp3) is 0.500. The molecule has 0 bridgehead atoms. The molecule has 0 spiro atoms. The Hall–Kier alpha value is -0.390. The van der Waals surface area contributed by atoms with E-state index >= 15 is 0 Å². The Morgan fingerprint density at radius 2 is 2.15 bits per heavy atom. The summed E-state index contributed by atoms with van der Waals surface area (Å²) in [6.45, 7) is 2.23. The maximum atomic E-state index is 9.54. The van der Waals surface area contributed by atoms with Crippen LogP contribution < -0.4 is 5.73 Å².